The second-order valence-electron chi connectivity index (χ2n) is 3.06. The minimum atomic E-state index is 0.664. The van der Waals surface area contributed by atoms with Crippen LogP contribution in [0.1, 0.15) is 5.56 Å². The van der Waals surface area contributed by atoms with Crippen LogP contribution in [0, 0.1) is 0 Å². The third kappa shape index (κ3) is 3.99. The van der Waals surface area contributed by atoms with E-state index in [4.69, 9.17) is 23.2 Å². The Morgan fingerprint density at radius 1 is 1.38 bits per heavy atom. The number of hydrogen-bond acceptors (Lipinski definition) is 1. The average molecular weight is 218 g/mol. The van der Waals surface area contributed by atoms with Crippen molar-refractivity contribution in [2.75, 3.05) is 19.5 Å². The zero-order valence-electron chi connectivity index (χ0n) is 7.63. The SMILES string of the molecule is CN(CCCl)Cc1cccc(Cl)c1. The summed E-state index contributed by atoms with van der Waals surface area (Å²) in [6, 6.07) is 7.89. The smallest absolute Gasteiger partial charge is 0.0409 e. The highest BCUT2D eigenvalue weighted by molar-refractivity contribution is 6.30. The summed E-state index contributed by atoms with van der Waals surface area (Å²) in [5.74, 6) is 0.664. The van der Waals surface area contributed by atoms with Crippen LogP contribution >= 0.6 is 23.2 Å². The van der Waals surface area contributed by atoms with Crippen molar-refractivity contribution in [3.8, 4) is 0 Å². The van der Waals surface area contributed by atoms with Gasteiger partial charge in [-0.1, -0.05) is 23.7 Å². The van der Waals surface area contributed by atoms with Crippen LogP contribution in [-0.4, -0.2) is 24.4 Å². The Kier molecular flexibility index (Phi) is 4.57. The summed E-state index contributed by atoms with van der Waals surface area (Å²) in [4.78, 5) is 2.17. The first-order chi connectivity index (χ1) is 6.22. The number of hydrogen-bond donors (Lipinski definition) is 0. The molecule has 0 unspecified atom stereocenters. The predicted molar refractivity (Wildman–Crippen MR) is 58.5 cm³/mol. The molecule has 0 saturated carbocycles. The Morgan fingerprint density at radius 2 is 2.15 bits per heavy atom. The Balaban J connectivity index is 2.53. The molecule has 3 heteroatoms. The van der Waals surface area contributed by atoms with E-state index in [2.05, 4.69) is 11.0 Å². The van der Waals surface area contributed by atoms with Crippen LogP contribution < -0.4 is 0 Å². The Hall–Kier alpha value is -0.240. The molecule has 1 aromatic rings. The molecular formula is C10H13Cl2N. The molecule has 0 aliphatic heterocycles. The molecule has 0 amide bonds. The molecule has 0 radical (unpaired) electrons. The third-order valence-electron chi connectivity index (χ3n) is 1.81. The van der Waals surface area contributed by atoms with Crippen LogP contribution in [0.3, 0.4) is 0 Å². The number of benzene rings is 1. The molecule has 0 fully saturated rings. The minimum absolute atomic E-state index is 0.664. The van der Waals surface area contributed by atoms with Crippen molar-refractivity contribution < 1.29 is 0 Å². The zero-order valence-corrected chi connectivity index (χ0v) is 9.15. The van der Waals surface area contributed by atoms with E-state index in [1.807, 2.05) is 25.2 Å². The molecule has 0 heterocycles. The monoisotopic (exact) mass is 217 g/mol. The molecule has 72 valence electrons. The molecule has 0 aliphatic rings. The van der Waals surface area contributed by atoms with E-state index in [1.54, 1.807) is 0 Å². The van der Waals surface area contributed by atoms with Crippen molar-refractivity contribution in [1.29, 1.82) is 0 Å². The molecule has 13 heavy (non-hydrogen) atoms. The van der Waals surface area contributed by atoms with E-state index < -0.39 is 0 Å². The minimum Gasteiger partial charge on any atom is -0.301 e. The fourth-order valence-corrected chi connectivity index (χ4v) is 1.67. The largest absolute Gasteiger partial charge is 0.301 e. The lowest BCUT2D eigenvalue weighted by Crippen LogP contribution is -2.19. The van der Waals surface area contributed by atoms with Crippen molar-refractivity contribution in [2.45, 2.75) is 6.54 Å². The summed E-state index contributed by atoms with van der Waals surface area (Å²) in [5.41, 5.74) is 1.22. The van der Waals surface area contributed by atoms with Gasteiger partial charge in [-0.15, -0.1) is 11.6 Å². The molecule has 0 aromatic heterocycles. The summed E-state index contributed by atoms with van der Waals surface area (Å²) in [5, 5.41) is 0.789. The Labute approximate surface area is 89.3 Å². The van der Waals surface area contributed by atoms with Crippen molar-refractivity contribution in [2.24, 2.45) is 0 Å². The molecule has 0 atom stereocenters. The van der Waals surface area contributed by atoms with E-state index >= 15 is 0 Å². The van der Waals surface area contributed by atoms with E-state index in [-0.39, 0.29) is 0 Å². The van der Waals surface area contributed by atoms with Gasteiger partial charge in [-0.2, -0.15) is 0 Å². The highest BCUT2D eigenvalue weighted by atomic mass is 35.5. The maximum absolute atomic E-state index is 5.86. The molecule has 0 saturated heterocycles. The van der Waals surface area contributed by atoms with Crippen LogP contribution in [0.25, 0.3) is 0 Å². The number of halogens is 2. The van der Waals surface area contributed by atoms with Crippen LogP contribution in [0.5, 0.6) is 0 Å². The predicted octanol–water partition coefficient (Wildman–Crippen LogP) is 3.01. The highest BCUT2D eigenvalue weighted by Gasteiger charge is 1.99. The van der Waals surface area contributed by atoms with Gasteiger partial charge >= 0.3 is 0 Å². The first kappa shape index (κ1) is 10.8. The zero-order chi connectivity index (χ0) is 9.68. The standard InChI is InChI=1S/C10H13Cl2N/c1-13(6-5-11)8-9-3-2-4-10(12)7-9/h2-4,7H,5-6,8H2,1H3. The Bertz CT molecular complexity index is 263. The van der Waals surface area contributed by atoms with Gasteiger partial charge in [-0.05, 0) is 24.7 Å². The second kappa shape index (κ2) is 5.48. The molecule has 0 bridgehead atoms. The average Bonchev–Trinajstić information content (AvgIpc) is 2.04. The first-order valence-corrected chi connectivity index (χ1v) is 5.12. The van der Waals surface area contributed by atoms with Gasteiger partial charge in [0.25, 0.3) is 0 Å². The fourth-order valence-electron chi connectivity index (χ4n) is 1.17. The van der Waals surface area contributed by atoms with Crippen LogP contribution in [0.15, 0.2) is 24.3 Å². The molecule has 1 nitrogen and oxygen atoms in total. The van der Waals surface area contributed by atoms with Gasteiger partial charge in [0.1, 0.15) is 0 Å². The number of rotatable bonds is 4. The lowest BCUT2D eigenvalue weighted by molar-refractivity contribution is 0.348. The summed E-state index contributed by atoms with van der Waals surface area (Å²) in [7, 11) is 2.04. The molecular weight excluding hydrogens is 205 g/mol. The van der Waals surface area contributed by atoms with Gasteiger partial charge in [-0.3, -0.25) is 0 Å². The van der Waals surface area contributed by atoms with E-state index in [9.17, 15) is 0 Å². The van der Waals surface area contributed by atoms with Crippen molar-refractivity contribution >= 4 is 23.2 Å². The summed E-state index contributed by atoms with van der Waals surface area (Å²) < 4.78 is 0. The molecule has 0 spiro atoms. The van der Waals surface area contributed by atoms with Gasteiger partial charge in [0.05, 0.1) is 0 Å². The summed E-state index contributed by atoms with van der Waals surface area (Å²) in [6.07, 6.45) is 0. The lowest BCUT2D eigenvalue weighted by atomic mass is 10.2. The van der Waals surface area contributed by atoms with Crippen LogP contribution in [0.4, 0.5) is 0 Å². The van der Waals surface area contributed by atoms with E-state index in [0.717, 1.165) is 18.1 Å². The fraction of sp³-hybridized carbons (Fsp3) is 0.400. The van der Waals surface area contributed by atoms with Crippen LogP contribution in [-0.2, 0) is 6.54 Å². The van der Waals surface area contributed by atoms with E-state index in [0.29, 0.717) is 5.88 Å². The van der Waals surface area contributed by atoms with Crippen molar-refractivity contribution in [3.05, 3.63) is 34.9 Å². The van der Waals surface area contributed by atoms with Gasteiger partial charge in [-0.25, -0.2) is 0 Å². The van der Waals surface area contributed by atoms with E-state index in [1.165, 1.54) is 5.56 Å². The Morgan fingerprint density at radius 3 is 2.77 bits per heavy atom. The molecule has 1 rings (SSSR count). The third-order valence-corrected chi connectivity index (χ3v) is 2.21. The maximum atomic E-state index is 5.86. The normalized spacial score (nSPS) is 10.8. The number of alkyl halides is 1. The maximum Gasteiger partial charge on any atom is 0.0409 e. The van der Waals surface area contributed by atoms with Crippen molar-refractivity contribution in [3.63, 3.8) is 0 Å². The van der Waals surface area contributed by atoms with Gasteiger partial charge in [0.15, 0.2) is 0 Å². The molecule has 0 N–H and O–H groups in total. The molecule has 1 aromatic carbocycles. The summed E-state index contributed by atoms with van der Waals surface area (Å²) in [6.45, 7) is 1.79. The topological polar surface area (TPSA) is 3.24 Å². The van der Waals surface area contributed by atoms with Gasteiger partial charge in [0, 0.05) is 24.0 Å². The lowest BCUT2D eigenvalue weighted by Gasteiger charge is -2.14. The second-order valence-corrected chi connectivity index (χ2v) is 3.87. The number of nitrogens with zero attached hydrogens (tertiary/aromatic N) is 1. The highest BCUT2D eigenvalue weighted by Crippen LogP contribution is 2.11. The van der Waals surface area contributed by atoms with Gasteiger partial charge < -0.3 is 4.90 Å². The quantitative estimate of drug-likeness (QED) is 0.702. The van der Waals surface area contributed by atoms with Gasteiger partial charge in [0.2, 0.25) is 0 Å². The first-order valence-electron chi connectivity index (χ1n) is 4.21. The molecule has 0 aliphatic carbocycles. The van der Waals surface area contributed by atoms with Crippen LogP contribution in [0.2, 0.25) is 5.02 Å². The summed E-state index contributed by atoms with van der Waals surface area (Å²) >= 11 is 11.5. The van der Waals surface area contributed by atoms with Crippen molar-refractivity contribution in [1.82, 2.24) is 4.90 Å².